The average molecular weight is 649 g/mol. The van der Waals surface area contributed by atoms with E-state index in [1.54, 1.807) is 67.6 Å². The molecule has 0 saturated carbocycles. The minimum absolute atomic E-state index is 0.107. The molecule has 2 heterocycles. The van der Waals surface area contributed by atoms with Gasteiger partial charge in [-0.05, 0) is 85.8 Å². The van der Waals surface area contributed by atoms with Crippen LogP contribution in [-0.2, 0) is 6.54 Å². The molecule has 10 nitrogen and oxygen atoms in total. The van der Waals surface area contributed by atoms with E-state index < -0.39 is 34.5 Å². The Bertz CT molecular complexity index is 1630. The van der Waals surface area contributed by atoms with Gasteiger partial charge in [0, 0.05) is 15.5 Å². The number of pyridine rings is 1. The van der Waals surface area contributed by atoms with Crippen molar-refractivity contribution in [3.63, 3.8) is 0 Å². The van der Waals surface area contributed by atoms with Crippen LogP contribution >= 0.6 is 22.6 Å². The number of para-hydroxylation sites is 1. The molecule has 0 bridgehead atoms. The Morgan fingerprint density at radius 1 is 0.872 bits per heavy atom. The number of carbonyl (C=O) groups is 2. The molecule has 2 aromatic heterocycles. The summed E-state index contributed by atoms with van der Waals surface area (Å²) >= 11 is 1.79. The molecule has 0 fully saturated rings. The minimum Gasteiger partial charge on any atom is -0.477 e. The molecule has 0 aliphatic rings. The van der Waals surface area contributed by atoms with Gasteiger partial charge in [0.25, 0.3) is 11.1 Å². The van der Waals surface area contributed by atoms with Gasteiger partial charge in [0.2, 0.25) is 0 Å². The third-order valence-electron chi connectivity index (χ3n) is 5.51. The minimum atomic E-state index is -1.28. The van der Waals surface area contributed by atoms with Gasteiger partial charge in [-0.15, -0.1) is 0 Å². The van der Waals surface area contributed by atoms with E-state index in [2.05, 4.69) is 0 Å². The van der Waals surface area contributed by atoms with Crippen LogP contribution in [0, 0.1) is 16.3 Å². The molecule has 0 radical (unpaired) electrons. The first kappa shape index (κ1) is 29.5. The maximum atomic E-state index is 12.8. The lowest BCUT2D eigenvalue weighted by atomic mass is 10.1. The molecule has 0 unspecified atom stereocenters. The van der Waals surface area contributed by atoms with Gasteiger partial charge in [-0.2, -0.15) is 0 Å². The molecule has 4 aromatic rings. The predicted octanol–water partition coefficient (Wildman–Crippen LogP) is 3.70. The molecule has 204 valence electrons. The number of aromatic carboxylic acids is 2. The number of carboxylic acids is 2. The van der Waals surface area contributed by atoms with Crippen molar-refractivity contribution in [2.75, 3.05) is 0 Å². The highest BCUT2D eigenvalue weighted by Crippen LogP contribution is 2.16. The van der Waals surface area contributed by atoms with Crippen molar-refractivity contribution < 1.29 is 29.3 Å². The molecular formula is C27H25FIN3O7. The second-order valence-electron chi connectivity index (χ2n) is 9.08. The Morgan fingerprint density at radius 2 is 1.44 bits per heavy atom. The van der Waals surface area contributed by atoms with Crippen LogP contribution in [-0.4, -0.2) is 46.8 Å². The van der Waals surface area contributed by atoms with E-state index in [9.17, 15) is 33.8 Å². The second kappa shape index (κ2) is 11.8. The molecule has 0 atom stereocenters. The van der Waals surface area contributed by atoms with E-state index in [1.807, 2.05) is 6.07 Å². The standard InChI is InChI=1S/C15H18N2O4.C12H7FINO3/c1-10-12(14(19)20)13(18)17(11-7-5-4-6-8-11)16(10)9-15(2,3)21;13-7-1-3-8(4-2-7)15-6-5-9(14)10(11(15)16)12(17)18/h4-8,21H,9H2,1-3H3,(H,19,20);1-6H,(H,17,18). The molecule has 39 heavy (non-hydrogen) atoms. The number of benzene rings is 2. The maximum absolute atomic E-state index is 12.8. The first-order chi connectivity index (χ1) is 18.2. The topological polar surface area (TPSA) is 144 Å². The molecule has 0 spiro atoms. The highest BCUT2D eigenvalue weighted by atomic mass is 127. The van der Waals surface area contributed by atoms with Crippen LogP contribution in [0.1, 0.15) is 40.3 Å². The van der Waals surface area contributed by atoms with Crippen molar-refractivity contribution in [3.8, 4) is 11.4 Å². The van der Waals surface area contributed by atoms with Crippen LogP contribution in [0.2, 0.25) is 0 Å². The monoisotopic (exact) mass is 649 g/mol. The highest BCUT2D eigenvalue weighted by molar-refractivity contribution is 14.1. The SMILES string of the molecule is Cc1c(C(=O)O)c(=O)n(-c2ccccc2)n1CC(C)(C)O.O=C(O)c1c(I)ccn(-c2ccc(F)cc2)c1=O. The largest absolute Gasteiger partial charge is 0.477 e. The van der Waals surface area contributed by atoms with Gasteiger partial charge in [-0.3, -0.25) is 18.8 Å². The number of aromatic nitrogens is 3. The summed E-state index contributed by atoms with van der Waals surface area (Å²) in [5, 5.41) is 28.2. The summed E-state index contributed by atoms with van der Waals surface area (Å²) in [6, 6.07) is 15.5. The molecule has 3 N–H and O–H groups in total. The Morgan fingerprint density at radius 3 is 1.95 bits per heavy atom. The number of rotatable bonds is 6. The summed E-state index contributed by atoms with van der Waals surface area (Å²) < 4.78 is 17.1. The van der Waals surface area contributed by atoms with Crippen LogP contribution in [0.5, 0.6) is 0 Å². The van der Waals surface area contributed by atoms with E-state index in [4.69, 9.17) is 5.11 Å². The zero-order valence-electron chi connectivity index (χ0n) is 21.1. The number of nitrogens with zero attached hydrogens (tertiary/aromatic N) is 3. The van der Waals surface area contributed by atoms with E-state index in [-0.39, 0.29) is 17.7 Å². The van der Waals surface area contributed by atoms with Gasteiger partial charge in [-0.25, -0.2) is 18.7 Å². The average Bonchev–Trinajstić information content (AvgIpc) is 3.08. The Hall–Kier alpha value is -4.04. The Balaban J connectivity index is 0.000000218. The third-order valence-corrected chi connectivity index (χ3v) is 6.41. The van der Waals surface area contributed by atoms with Crippen LogP contribution in [0.15, 0.2) is 76.4 Å². The molecule has 0 aliphatic carbocycles. The van der Waals surface area contributed by atoms with E-state index in [0.717, 1.165) is 0 Å². The first-order valence-electron chi connectivity index (χ1n) is 11.5. The zero-order valence-corrected chi connectivity index (χ0v) is 23.3. The number of carboxylic acid groups (broad SMARTS) is 2. The molecule has 0 aliphatic heterocycles. The number of aliphatic hydroxyl groups is 1. The molecule has 0 saturated heterocycles. The van der Waals surface area contributed by atoms with Crippen LogP contribution in [0.4, 0.5) is 4.39 Å². The Kier molecular flexibility index (Phi) is 8.92. The fraction of sp³-hybridized carbons (Fsp3) is 0.185. The van der Waals surface area contributed by atoms with E-state index >= 15 is 0 Å². The maximum Gasteiger partial charge on any atom is 0.343 e. The normalized spacial score (nSPS) is 11.0. The molecule has 2 aromatic carbocycles. The third kappa shape index (κ3) is 6.70. The van der Waals surface area contributed by atoms with Crippen molar-refractivity contribution in [3.05, 3.63) is 114 Å². The van der Waals surface area contributed by atoms with Gasteiger partial charge >= 0.3 is 11.9 Å². The van der Waals surface area contributed by atoms with Crippen molar-refractivity contribution in [2.45, 2.75) is 32.9 Å². The van der Waals surface area contributed by atoms with Crippen LogP contribution in [0.25, 0.3) is 11.4 Å². The van der Waals surface area contributed by atoms with Crippen molar-refractivity contribution >= 4 is 34.5 Å². The fourth-order valence-electron chi connectivity index (χ4n) is 3.79. The lowest BCUT2D eigenvalue weighted by molar-refractivity contribution is 0.0543. The van der Waals surface area contributed by atoms with E-state index in [0.29, 0.717) is 20.6 Å². The summed E-state index contributed by atoms with van der Waals surface area (Å²) in [5.74, 6) is -2.96. The number of hydrogen-bond acceptors (Lipinski definition) is 5. The molecule has 12 heteroatoms. The van der Waals surface area contributed by atoms with Crippen LogP contribution in [0.3, 0.4) is 0 Å². The second-order valence-corrected chi connectivity index (χ2v) is 10.2. The van der Waals surface area contributed by atoms with Gasteiger partial charge in [0.1, 0.15) is 16.9 Å². The predicted molar refractivity (Wildman–Crippen MR) is 150 cm³/mol. The summed E-state index contributed by atoms with van der Waals surface area (Å²) in [7, 11) is 0. The lowest BCUT2D eigenvalue weighted by Crippen LogP contribution is -2.32. The number of halogens is 2. The summed E-state index contributed by atoms with van der Waals surface area (Å²) in [6.45, 7) is 4.88. The quantitative estimate of drug-likeness (QED) is 0.271. The van der Waals surface area contributed by atoms with E-state index in [1.165, 1.54) is 50.5 Å². The molecule has 4 rings (SSSR count). The fourth-order valence-corrected chi connectivity index (χ4v) is 4.41. The smallest absolute Gasteiger partial charge is 0.343 e. The van der Waals surface area contributed by atoms with Crippen molar-refractivity contribution in [1.29, 1.82) is 0 Å². The molecular weight excluding hydrogens is 624 g/mol. The first-order valence-corrected chi connectivity index (χ1v) is 12.5. The van der Waals surface area contributed by atoms with Crippen molar-refractivity contribution in [2.24, 2.45) is 0 Å². The van der Waals surface area contributed by atoms with Gasteiger partial charge in [-0.1, -0.05) is 18.2 Å². The number of hydrogen-bond donors (Lipinski definition) is 3. The summed E-state index contributed by atoms with van der Waals surface area (Å²) in [6.07, 6.45) is 1.46. The van der Waals surface area contributed by atoms with Crippen molar-refractivity contribution in [1.82, 2.24) is 13.9 Å². The molecule has 0 amide bonds. The van der Waals surface area contributed by atoms with Gasteiger partial charge < -0.3 is 15.3 Å². The zero-order chi connectivity index (χ0) is 29.1. The Labute approximate surface area is 235 Å². The summed E-state index contributed by atoms with van der Waals surface area (Å²) in [4.78, 5) is 46.7. The highest BCUT2D eigenvalue weighted by Gasteiger charge is 2.26. The van der Waals surface area contributed by atoms with Gasteiger partial charge in [0.05, 0.1) is 23.5 Å². The lowest BCUT2D eigenvalue weighted by Gasteiger charge is -2.22. The van der Waals surface area contributed by atoms with Gasteiger partial charge in [0.15, 0.2) is 0 Å². The van der Waals surface area contributed by atoms with Crippen LogP contribution < -0.4 is 11.1 Å². The summed E-state index contributed by atoms with van der Waals surface area (Å²) in [5.41, 5.74) is -1.59.